The summed E-state index contributed by atoms with van der Waals surface area (Å²) in [7, 11) is 1.31. The van der Waals surface area contributed by atoms with Gasteiger partial charge in [-0.15, -0.1) is 0 Å². The number of hydrogen-bond donors (Lipinski definition) is 2. The molecule has 6 nitrogen and oxygen atoms in total. The number of ether oxygens (including phenoxy) is 2. The van der Waals surface area contributed by atoms with Crippen molar-refractivity contribution in [3.63, 3.8) is 0 Å². The number of carbonyl (C=O) groups excluding carboxylic acids is 1. The molecule has 0 saturated carbocycles. The van der Waals surface area contributed by atoms with E-state index < -0.39 is 12.5 Å². The third-order valence-corrected chi connectivity index (χ3v) is 3.56. The maximum atomic E-state index is 12.3. The number of halogens is 3. The zero-order chi connectivity index (χ0) is 19.3. The molecule has 2 N–H and O–H groups in total. The first-order valence-electron chi connectivity index (χ1n) is 7.28. The molecule has 2 aromatic carbocycles. The van der Waals surface area contributed by atoms with Crippen LogP contribution in [0.25, 0.3) is 0 Å². The van der Waals surface area contributed by atoms with Crippen LogP contribution in [-0.2, 0) is 0 Å². The van der Waals surface area contributed by atoms with Gasteiger partial charge >= 0.3 is 6.61 Å². The van der Waals surface area contributed by atoms with Crippen LogP contribution in [0.4, 0.5) is 8.78 Å². The molecule has 26 heavy (non-hydrogen) atoms. The molecule has 0 fully saturated rings. The van der Waals surface area contributed by atoms with Crippen molar-refractivity contribution in [3.05, 3.63) is 52.5 Å². The highest BCUT2D eigenvalue weighted by Crippen LogP contribution is 2.29. The van der Waals surface area contributed by atoms with Crippen molar-refractivity contribution in [2.24, 2.45) is 5.10 Å². The summed E-state index contributed by atoms with van der Waals surface area (Å²) in [5.74, 6) is -0.924. The third kappa shape index (κ3) is 4.82. The Bertz CT molecular complexity index is 844. The van der Waals surface area contributed by atoms with E-state index in [0.717, 1.165) is 0 Å². The first-order valence-corrected chi connectivity index (χ1v) is 7.66. The van der Waals surface area contributed by atoms with E-state index in [2.05, 4.69) is 15.3 Å². The topological polar surface area (TPSA) is 80.2 Å². The van der Waals surface area contributed by atoms with Crippen LogP contribution in [0.15, 0.2) is 41.5 Å². The van der Waals surface area contributed by atoms with E-state index in [-0.39, 0.29) is 27.8 Å². The highest BCUT2D eigenvalue weighted by atomic mass is 35.5. The smallest absolute Gasteiger partial charge is 0.387 e. The van der Waals surface area contributed by atoms with E-state index in [0.29, 0.717) is 11.3 Å². The third-order valence-electron chi connectivity index (χ3n) is 3.33. The molecule has 0 aliphatic rings. The van der Waals surface area contributed by atoms with Crippen LogP contribution in [0, 0.1) is 0 Å². The Morgan fingerprint density at radius 1 is 1.23 bits per heavy atom. The van der Waals surface area contributed by atoms with Gasteiger partial charge in [-0.25, -0.2) is 5.43 Å². The molecule has 0 saturated heterocycles. The molecule has 0 spiro atoms. The number of phenolic OH excluding ortho intramolecular Hbond substituents is 1. The average molecular weight is 385 g/mol. The molecule has 0 unspecified atom stereocenters. The SMILES string of the molecule is COc1cc(/C(C)=N\NC(=O)c2cc(Cl)ccc2O)ccc1OC(F)F. The minimum atomic E-state index is -2.98. The number of phenols is 1. The second kappa shape index (κ2) is 8.48. The summed E-state index contributed by atoms with van der Waals surface area (Å²) in [6.45, 7) is -1.38. The molecule has 1 amide bonds. The number of nitrogens with one attached hydrogen (secondary N) is 1. The van der Waals surface area contributed by atoms with E-state index in [9.17, 15) is 18.7 Å². The van der Waals surface area contributed by atoms with E-state index >= 15 is 0 Å². The minimum Gasteiger partial charge on any atom is -0.507 e. The number of rotatable bonds is 6. The average Bonchev–Trinajstić information content (AvgIpc) is 2.61. The quantitative estimate of drug-likeness (QED) is 0.586. The molecule has 9 heteroatoms. The molecule has 2 aromatic rings. The zero-order valence-electron chi connectivity index (χ0n) is 13.8. The predicted octanol–water partition coefficient (Wildman–Crippen LogP) is 3.81. The van der Waals surface area contributed by atoms with Crippen LogP contribution >= 0.6 is 11.6 Å². The van der Waals surface area contributed by atoms with Crippen molar-refractivity contribution in [1.82, 2.24) is 5.43 Å². The highest BCUT2D eigenvalue weighted by Gasteiger charge is 2.13. The van der Waals surface area contributed by atoms with Gasteiger partial charge < -0.3 is 14.6 Å². The van der Waals surface area contributed by atoms with E-state index in [1.807, 2.05) is 0 Å². The van der Waals surface area contributed by atoms with Gasteiger partial charge in [-0.05, 0) is 43.3 Å². The van der Waals surface area contributed by atoms with E-state index in [1.165, 1.54) is 43.5 Å². The summed E-state index contributed by atoms with van der Waals surface area (Å²) in [5, 5.41) is 13.9. The summed E-state index contributed by atoms with van der Waals surface area (Å²) >= 11 is 5.80. The Morgan fingerprint density at radius 3 is 2.62 bits per heavy atom. The molecule has 0 aromatic heterocycles. The Morgan fingerprint density at radius 2 is 1.96 bits per heavy atom. The second-order valence-corrected chi connectivity index (χ2v) is 5.48. The van der Waals surface area contributed by atoms with Gasteiger partial charge in [0.15, 0.2) is 11.5 Å². The van der Waals surface area contributed by atoms with Crippen molar-refractivity contribution in [2.45, 2.75) is 13.5 Å². The fourth-order valence-corrected chi connectivity index (χ4v) is 2.21. The first kappa shape index (κ1) is 19.5. The predicted molar refractivity (Wildman–Crippen MR) is 92.4 cm³/mol. The number of alkyl halides is 2. The molecule has 0 aliphatic carbocycles. The van der Waals surface area contributed by atoms with Crippen LogP contribution in [-0.4, -0.2) is 30.4 Å². The van der Waals surface area contributed by atoms with Crippen molar-refractivity contribution >= 4 is 23.2 Å². The lowest BCUT2D eigenvalue weighted by Gasteiger charge is -2.11. The number of carbonyl (C=O) groups is 1. The summed E-state index contributed by atoms with van der Waals surface area (Å²) < 4.78 is 34.1. The largest absolute Gasteiger partial charge is 0.507 e. The number of methoxy groups -OCH3 is 1. The number of hydrazone groups is 1. The molecule has 0 atom stereocenters. The fraction of sp³-hybridized carbons (Fsp3) is 0.176. The van der Waals surface area contributed by atoms with Crippen LogP contribution < -0.4 is 14.9 Å². The molecule has 138 valence electrons. The van der Waals surface area contributed by atoms with Crippen molar-refractivity contribution < 1.29 is 28.2 Å². The molecule has 0 bridgehead atoms. The van der Waals surface area contributed by atoms with Gasteiger partial charge in [0.05, 0.1) is 18.4 Å². The molecular weight excluding hydrogens is 370 g/mol. The van der Waals surface area contributed by atoms with Crippen LogP contribution in [0.1, 0.15) is 22.8 Å². The normalized spacial score (nSPS) is 11.4. The summed E-state index contributed by atoms with van der Waals surface area (Å²) in [6, 6.07) is 8.28. The van der Waals surface area contributed by atoms with Gasteiger partial charge in [-0.3, -0.25) is 4.79 Å². The number of benzene rings is 2. The van der Waals surface area contributed by atoms with Gasteiger partial charge in [0, 0.05) is 10.6 Å². The maximum absolute atomic E-state index is 12.3. The van der Waals surface area contributed by atoms with Crippen molar-refractivity contribution in [1.29, 1.82) is 0 Å². The zero-order valence-corrected chi connectivity index (χ0v) is 14.6. The number of aromatic hydroxyl groups is 1. The monoisotopic (exact) mass is 384 g/mol. The van der Waals surface area contributed by atoms with Gasteiger partial charge in [0.1, 0.15) is 5.75 Å². The second-order valence-electron chi connectivity index (χ2n) is 5.04. The van der Waals surface area contributed by atoms with Gasteiger partial charge in [-0.2, -0.15) is 13.9 Å². The molecule has 0 radical (unpaired) electrons. The van der Waals surface area contributed by atoms with Gasteiger partial charge in [-0.1, -0.05) is 11.6 Å². The number of nitrogens with zero attached hydrogens (tertiary/aromatic N) is 1. The van der Waals surface area contributed by atoms with Crippen LogP contribution in [0.5, 0.6) is 17.2 Å². The highest BCUT2D eigenvalue weighted by molar-refractivity contribution is 6.31. The Kier molecular flexibility index (Phi) is 6.35. The standard InChI is InChI=1S/C17H15ClF2N2O4/c1-9(10-3-6-14(26-17(19)20)15(7-10)25-2)21-22-16(24)12-8-11(18)4-5-13(12)23/h3-8,17,23H,1-2H3,(H,22,24)/b21-9-. The lowest BCUT2D eigenvalue weighted by atomic mass is 10.1. The van der Waals surface area contributed by atoms with Crippen molar-refractivity contribution in [3.8, 4) is 17.2 Å². The molecular formula is C17H15ClF2N2O4. The minimum absolute atomic E-state index is 0.0349. The Labute approximate surface area is 153 Å². The van der Waals surface area contributed by atoms with Crippen molar-refractivity contribution in [2.75, 3.05) is 7.11 Å². The first-order chi connectivity index (χ1) is 12.3. The van der Waals surface area contributed by atoms with E-state index in [1.54, 1.807) is 6.92 Å². The summed E-state index contributed by atoms with van der Waals surface area (Å²) in [5.41, 5.74) is 3.14. The lowest BCUT2D eigenvalue weighted by molar-refractivity contribution is -0.0512. The molecule has 2 rings (SSSR count). The molecule has 0 heterocycles. The van der Waals surface area contributed by atoms with Crippen LogP contribution in [0.3, 0.4) is 0 Å². The van der Waals surface area contributed by atoms with E-state index in [4.69, 9.17) is 16.3 Å². The summed E-state index contributed by atoms with van der Waals surface area (Å²) in [4.78, 5) is 12.1. The van der Waals surface area contributed by atoms with Crippen LogP contribution in [0.2, 0.25) is 5.02 Å². The van der Waals surface area contributed by atoms with Gasteiger partial charge in [0.25, 0.3) is 5.91 Å². The summed E-state index contributed by atoms with van der Waals surface area (Å²) in [6.07, 6.45) is 0. The Hall–Kier alpha value is -2.87. The Balaban J connectivity index is 2.18. The maximum Gasteiger partial charge on any atom is 0.387 e. The number of amides is 1. The molecule has 0 aliphatic heterocycles. The lowest BCUT2D eigenvalue weighted by Crippen LogP contribution is -2.19. The van der Waals surface area contributed by atoms with Gasteiger partial charge in [0.2, 0.25) is 0 Å². The number of hydrogen-bond acceptors (Lipinski definition) is 5. The fourth-order valence-electron chi connectivity index (χ4n) is 2.04.